The zero-order valence-electron chi connectivity index (χ0n) is 11.5. The van der Waals surface area contributed by atoms with Crippen molar-refractivity contribution >= 4 is 22.3 Å². The minimum absolute atomic E-state index is 0.0890. The third-order valence-electron chi connectivity index (χ3n) is 3.87. The van der Waals surface area contributed by atoms with E-state index in [1.807, 2.05) is 0 Å². The van der Waals surface area contributed by atoms with Crippen molar-refractivity contribution in [2.45, 2.75) is 31.0 Å². The van der Waals surface area contributed by atoms with Crippen LogP contribution in [-0.2, 0) is 24.3 Å². The lowest BCUT2D eigenvalue weighted by Gasteiger charge is -2.31. The standard InChI is InChI=1S/C10H16N4O7S/c15-9(12-20-7-3-11-4-7)8-2-1-6-5-13(8)10(16)14(6)21-22(17,18)19/h6-8,11H,1-5H2,(H,12,15)(H,17,18,19)/t6-,8+/m1/s1. The number of hydrogen-bond donors (Lipinski definition) is 3. The summed E-state index contributed by atoms with van der Waals surface area (Å²) in [4.78, 5) is 30.6. The third kappa shape index (κ3) is 3.01. The molecule has 3 aliphatic rings. The summed E-state index contributed by atoms with van der Waals surface area (Å²) in [6, 6.07) is -2.05. The fraction of sp³-hybridized carbons (Fsp3) is 0.800. The molecule has 3 fully saturated rings. The van der Waals surface area contributed by atoms with Gasteiger partial charge in [0.15, 0.2) is 0 Å². The van der Waals surface area contributed by atoms with E-state index < -0.39 is 34.4 Å². The van der Waals surface area contributed by atoms with E-state index in [4.69, 9.17) is 9.39 Å². The maximum absolute atomic E-state index is 12.1. The number of nitrogens with zero attached hydrogens (tertiary/aromatic N) is 2. The number of amides is 3. The molecular formula is C10H16N4O7S. The molecule has 0 saturated carbocycles. The van der Waals surface area contributed by atoms with Crippen molar-refractivity contribution in [1.29, 1.82) is 0 Å². The van der Waals surface area contributed by atoms with Crippen molar-refractivity contribution in [3.8, 4) is 0 Å². The molecule has 3 rings (SSSR count). The Morgan fingerprint density at radius 3 is 2.68 bits per heavy atom. The number of rotatable bonds is 5. The van der Waals surface area contributed by atoms with Gasteiger partial charge in [-0.05, 0) is 12.8 Å². The molecule has 0 aromatic carbocycles. The van der Waals surface area contributed by atoms with Crippen LogP contribution in [0.5, 0.6) is 0 Å². The average Bonchev–Trinajstić information content (AvgIpc) is 2.61. The Kier molecular flexibility index (Phi) is 3.94. The highest BCUT2D eigenvalue weighted by Gasteiger charge is 2.49. The van der Waals surface area contributed by atoms with Gasteiger partial charge in [0.25, 0.3) is 5.91 Å². The Labute approximate surface area is 126 Å². The quantitative estimate of drug-likeness (QED) is 0.387. The highest BCUT2D eigenvalue weighted by molar-refractivity contribution is 7.80. The normalized spacial score (nSPS) is 28.7. The summed E-state index contributed by atoms with van der Waals surface area (Å²) in [5.74, 6) is -0.465. The number of carbonyl (C=O) groups is 2. The van der Waals surface area contributed by atoms with Gasteiger partial charge in [0.05, 0.1) is 6.04 Å². The highest BCUT2D eigenvalue weighted by Crippen LogP contribution is 2.30. The van der Waals surface area contributed by atoms with Gasteiger partial charge < -0.3 is 10.2 Å². The minimum Gasteiger partial charge on any atom is -0.311 e. The summed E-state index contributed by atoms with van der Waals surface area (Å²) < 4.78 is 34.5. The van der Waals surface area contributed by atoms with Crippen LogP contribution < -0.4 is 10.8 Å². The summed E-state index contributed by atoms with van der Waals surface area (Å²) >= 11 is 0. The summed E-state index contributed by atoms with van der Waals surface area (Å²) in [7, 11) is -4.79. The van der Waals surface area contributed by atoms with Crippen LogP contribution >= 0.6 is 0 Å². The predicted octanol–water partition coefficient (Wildman–Crippen LogP) is -1.99. The Hall–Kier alpha value is -1.47. The predicted molar refractivity (Wildman–Crippen MR) is 69.3 cm³/mol. The molecule has 124 valence electrons. The molecular weight excluding hydrogens is 320 g/mol. The largest absolute Gasteiger partial charge is 0.418 e. The van der Waals surface area contributed by atoms with Crippen molar-refractivity contribution < 1.29 is 31.7 Å². The molecule has 3 saturated heterocycles. The average molecular weight is 336 g/mol. The van der Waals surface area contributed by atoms with Crippen LogP contribution in [0.1, 0.15) is 12.8 Å². The van der Waals surface area contributed by atoms with Crippen LogP contribution in [0.15, 0.2) is 0 Å². The van der Waals surface area contributed by atoms with Crippen molar-refractivity contribution in [3.05, 3.63) is 0 Å². The van der Waals surface area contributed by atoms with E-state index in [1.165, 1.54) is 4.90 Å². The van der Waals surface area contributed by atoms with Crippen LogP contribution in [0, 0.1) is 0 Å². The smallest absolute Gasteiger partial charge is 0.311 e. The summed E-state index contributed by atoms with van der Waals surface area (Å²) in [6.07, 6.45) is 0.634. The minimum atomic E-state index is -4.79. The van der Waals surface area contributed by atoms with E-state index in [-0.39, 0.29) is 12.6 Å². The van der Waals surface area contributed by atoms with Crippen LogP contribution in [0.25, 0.3) is 0 Å². The number of nitrogens with one attached hydrogen (secondary N) is 2. The number of carbonyl (C=O) groups excluding carboxylic acids is 2. The molecule has 3 amide bonds. The molecule has 22 heavy (non-hydrogen) atoms. The van der Waals surface area contributed by atoms with Crippen molar-refractivity contribution in [2.24, 2.45) is 0 Å². The Balaban J connectivity index is 1.62. The highest BCUT2D eigenvalue weighted by atomic mass is 32.3. The second-order valence-corrected chi connectivity index (χ2v) is 6.38. The second-order valence-electron chi connectivity index (χ2n) is 5.37. The molecule has 3 N–H and O–H groups in total. The molecule has 0 spiro atoms. The van der Waals surface area contributed by atoms with E-state index in [1.54, 1.807) is 0 Å². The summed E-state index contributed by atoms with van der Waals surface area (Å²) in [6.45, 7) is 1.44. The molecule has 12 heteroatoms. The first-order valence-corrected chi connectivity index (χ1v) is 8.15. The molecule has 11 nitrogen and oxygen atoms in total. The Morgan fingerprint density at radius 1 is 1.36 bits per heavy atom. The van der Waals surface area contributed by atoms with E-state index in [2.05, 4.69) is 15.1 Å². The molecule has 2 bridgehead atoms. The fourth-order valence-corrected chi connectivity index (χ4v) is 3.05. The van der Waals surface area contributed by atoms with E-state index in [0.29, 0.717) is 31.0 Å². The molecule has 2 atom stereocenters. The number of piperidine rings is 1. The van der Waals surface area contributed by atoms with E-state index in [0.717, 1.165) is 0 Å². The molecule has 3 aliphatic heterocycles. The maximum Gasteiger partial charge on any atom is 0.418 e. The van der Waals surface area contributed by atoms with Crippen molar-refractivity contribution in [2.75, 3.05) is 19.6 Å². The van der Waals surface area contributed by atoms with Gasteiger partial charge in [-0.15, -0.1) is 4.28 Å². The lowest BCUT2D eigenvalue weighted by molar-refractivity contribution is -0.146. The van der Waals surface area contributed by atoms with E-state index >= 15 is 0 Å². The zero-order valence-corrected chi connectivity index (χ0v) is 12.3. The van der Waals surface area contributed by atoms with Gasteiger partial charge >= 0.3 is 16.4 Å². The number of fused-ring (bicyclic) bond motifs is 2. The topological polar surface area (TPSA) is 138 Å². The van der Waals surface area contributed by atoms with Crippen LogP contribution in [0.3, 0.4) is 0 Å². The van der Waals surface area contributed by atoms with Crippen molar-refractivity contribution in [1.82, 2.24) is 20.8 Å². The van der Waals surface area contributed by atoms with Crippen LogP contribution in [-0.4, -0.2) is 72.7 Å². The first kappa shape index (κ1) is 15.4. The Bertz CT molecular complexity index is 578. The first-order valence-electron chi connectivity index (χ1n) is 6.78. The molecule has 0 aromatic heterocycles. The molecule has 3 heterocycles. The Morgan fingerprint density at radius 2 is 2.09 bits per heavy atom. The van der Waals surface area contributed by atoms with Gasteiger partial charge in [0.1, 0.15) is 12.1 Å². The lowest BCUT2D eigenvalue weighted by atomic mass is 10.0. The molecule has 0 unspecified atom stereocenters. The summed E-state index contributed by atoms with van der Waals surface area (Å²) in [5.41, 5.74) is 2.32. The van der Waals surface area contributed by atoms with E-state index in [9.17, 15) is 18.0 Å². The molecule has 0 aliphatic carbocycles. The second kappa shape index (κ2) is 5.62. The first-order chi connectivity index (χ1) is 10.3. The van der Waals surface area contributed by atoms with Crippen LogP contribution in [0.2, 0.25) is 0 Å². The number of urea groups is 1. The molecule has 0 radical (unpaired) electrons. The monoisotopic (exact) mass is 336 g/mol. The summed E-state index contributed by atoms with van der Waals surface area (Å²) in [5, 5.41) is 3.58. The van der Waals surface area contributed by atoms with Gasteiger partial charge in [0.2, 0.25) is 0 Å². The lowest BCUT2D eigenvalue weighted by Crippen LogP contribution is -2.55. The SMILES string of the molecule is O=C(NOC1CNC1)[C@@H]1CC[C@@H]2CN1C(=O)N2OS(=O)(=O)O. The zero-order chi connectivity index (χ0) is 15.9. The maximum atomic E-state index is 12.1. The number of hydroxylamine groups is 3. The van der Waals surface area contributed by atoms with Gasteiger partial charge in [-0.3, -0.25) is 14.2 Å². The van der Waals surface area contributed by atoms with Gasteiger partial charge in [-0.2, -0.15) is 13.5 Å². The van der Waals surface area contributed by atoms with Gasteiger partial charge in [-0.1, -0.05) is 0 Å². The van der Waals surface area contributed by atoms with Gasteiger partial charge in [0, 0.05) is 19.6 Å². The van der Waals surface area contributed by atoms with Crippen molar-refractivity contribution in [3.63, 3.8) is 0 Å². The fourth-order valence-electron chi connectivity index (χ4n) is 2.66. The third-order valence-corrected chi connectivity index (χ3v) is 4.22. The van der Waals surface area contributed by atoms with Gasteiger partial charge in [-0.25, -0.2) is 10.3 Å². The number of hydrogen-bond acceptors (Lipinski definition) is 7. The molecule has 0 aromatic rings. The van der Waals surface area contributed by atoms with Crippen LogP contribution in [0.4, 0.5) is 4.79 Å².